The first kappa shape index (κ1) is 16.1. The Morgan fingerprint density at radius 3 is 2.54 bits per heavy atom. The van der Waals surface area contributed by atoms with Gasteiger partial charge in [-0.1, -0.05) is 5.16 Å². The van der Waals surface area contributed by atoms with Crippen molar-refractivity contribution in [1.82, 2.24) is 10.5 Å². The van der Waals surface area contributed by atoms with Crippen molar-refractivity contribution in [2.45, 2.75) is 26.7 Å². The number of ketones is 2. The lowest BCUT2D eigenvalue weighted by Crippen LogP contribution is -2.25. The zero-order chi connectivity index (χ0) is 17.4. The zero-order valence-electron chi connectivity index (χ0n) is 13.3. The van der Waals surface area contributed by atoms with Gasteiger partial charge in [-0.15, -0.1) is 0 Å². The zero-order valence-corrected chi connectivity index (χ0v) is 13.3. The van der Waals surface area contributed by atoms with Crippen LogP contribution in [0.15, 0.2) is 8.94 Å². The number of nitrogens with one attached hydrogen (secondary N) is 1. The topological polar surface area (TPSA) is 123 Å². The first-order valence-corrected chi connectivity index (χ1v) is 7.55. The van der Waals surface area contributed by atoms with E-state index in [1.165, 1.54) is 0 Å². The normalized spacial score (nSPS) is 13.0. The Balaban J connectivity index is 1.93. The van der Waals surface area contributed by atoms with Gasteiger partial charge in [0.2, 0.25) is 17.3 Å². The highest BCUT2D eigenvalue weighted by Gasteiger charge is 2.41. The first-order valence-electron chi connectivity index (χ1n) is 7.55. The fourth-order valence-electron chi connectivity index (χ4n) is 2.70. The number of furan rings is 1. The molecule has 8 heteroatoms. The van der Waals surface area contributed by atoms with Crippen LogP contribution in [-0.2, 0) is 0 Å². The molecule has 0 aliphatic heterocycles. The Kier molecular flexibility index (Phi) is 4.06. The smallest absolute Gasteiger partial charge is 0.287 e. The largest absolute Gasteiger partial charge is 0.446 e. The Labute approximate surface area is 136 Å². The number of aliphatic hydroxyl groups excluding tert-OH is 1. The van der Waals surface area contributed by atoms with Gasteiger partial charge in [0, 0.05) is 18.7 Å². The van der Waals surface area contributed by atoms with Crippen LogP contribution in [0.1, 0.15) is 66.9 Å². The van der Waals surface area contributed by atoms with Crippen LogP contribution in [0.5, 0.6) is 0 Å². The number of hydrogen-bond donors (Lipinski definition) is 2. The minimum atomic E-state index is -0.513. The number of aliphatic hydroxyl groups is 1. The minimum Gasteiger partial charge on any atom is -0.446 e. The number of aryl methyl sites for hydroxylation is 1. The van der Waals surface area contributed by atoms with E-state index in [1.807, 2.05) is 0 Å². The third-order valence-electron chi connectivity index (χ3n) is 3.95. The number of amides is 1. The summed E-state index contributed by atoms with van der Waals surface area (Å²) in [5.41, 5.74) is 0.723. The number of rotatable bonds is 5. The van der Waals surface area contributed by atoms with E-state index in [1.54, 1.807) is 13.8 Å². The molecule has 2 heterocycles. The van der Waals surface area contributed by atoms with E-state index in [0.29, 0.717) is 30.6 Å². The molecule has 3 rings (SSSR count). The standard InChI is InChI=1S/C16H16N2O6/c1-7-9-11(20)15-10(8(2)18-24-15)12(21)14(9)23-13(7)16(22)17-5-3-4-6-19/h19H,3-6H2,1-2H3,(H,17,22). The average Bonchev–Trinajstić information content (AvgIpc) is 3.11. The Morgan fingerprint density at radius 2 is 1.83 bits per heavy atom. The molecule has 0 unspecified atom stereocenters. The SMILES string of the molecule is Cc1noc2c1C(=O)c1oc(C(=O)NCCCCO)c(C)c1C2=O. The summed E-state index contributed by atoms with van der Waals surface area (Å²) in [6.07, 6.45) is 1.18. The minimum absolute atomic E-state index is 0.0455. The molecule has 0 bridgehead atoms. The van der Waals surface area contributed by atoms with E-state index in [2.05, 4.69) is 10.5 Å². The van der Waals surface area contributed by atoms with E-state index in [-0.39, 0.29) is 35.0 Å². The third-order valence-corrected chi connectivity index (χ3v) is 3.95. The summed E-state index contributed by atoms with van der Waals surface area (Å²) in [6, 6.07) is 0. The van der Waals surface area contributed by atoms with Gasteiger partial charge < -0.3 is 19.4 Å². The van der Waals surface area contributed by atoms with Crippen molar-refractivity contribution in [3.05, 3.63) is 39.7 Å². The lowest BCUT2D eigenvalue weighted by Gasteiger charge is -2.07. The second-order valence-corrected chi connectivity index (χ2v) is 5.58. The molecule has 0 saturated heterocycles. The predicted molar refractivity (Wildman–Crippen MR) is 80.2 cm³/mol. The molecule has 0 fully saturated rings. The number of hydrogen-bond acceptors (Lipinski definition) is 7. The maximum Gasteiger partial charge on any atom is 0.287 e. The average molecular weight is 332 g/mol. The van der Waals surface area contributed by atoms with Gasteiger partial charge in [0.25, 0.3) is 5.91 Å². The maximum absolute atomic E-state index is 12.5. The molecule has 0 radical (unpaired) electrons. The highest BCUT2D eigenvalue weighted by molar-refractivity contribution is 6.27. The fourth-order valence-corrected chi connectivity index (χ4v) is 2.70. The second kappa shape index (κ2) is 6.04. The highest BCUT2D eigenvalue weighted by Crippen LogP contribution is 2.34. The van der Waals surface area contributed by atoms with Crippen LogP contribution in [0.25, 0.3) is 0 Å². The maximum atomic E-state index is 12.5. The van der Waals surface area contributed by atoms with Crippen molar-refractivity contribution in [2.75, 3.05) is 13.2 Å². The van der Waals surface area contributed by atoms with E-state index < -0.39 is 17.5 Å². The monoisotopic (exact) mass is 332 g/mol. The Hall–Kier alpha value is -2.74. The number of carbonyl (C=O) groups is 3. The number of unbranched alkanes of at least 4 members (excludes halogenated alkanes) is 1. The lowest BCUT2D eigenvalue weighted by atomic mass is 9.90. The quantitative estimate of drug-likeness (QED) is 0.672. The van der Waals surface area contributed by atoms with Crippen LogP contribution in [0, 0.1) is 13.8 Å². The summed E-state index contributed by atoms with van der Waals surface area (Å²) in [7, 11) is 0. The highest BCUT2D eigenvalue weighted by atomic mass is 16.5. The molecule has 1 amide bonds. The van der Waals surface area contributed by atoms with Gasteiger partial charge in [0.05, 0.1) is 11.3 Å². The van der Waals surface area contributed by atoms with E-state index in [4.69, 9.17) is 14.0 Å². The summed E-state index contributed by atoms with van der Waals surface area (Å²) >= 11 is 0. The number of nitrogens with zero attached hydrogens (tertiary/aromatic N) is 1. The summed E-state index contributed by atoms with van der Waals surface area (Å²) < 4.78 is 10.4. The van der Waals surface area contributed by atoms with Gasteiger partial charge in [-0.25, -0.2) is 0 Å². The van der Waals surface area contributed by atoms with Crippen molar-refractivity contribution in [3.8, 4) is 0 Å². The summed E-state index contributed by atoms with van der Waals surface area (Å²) in [4.78, 5) is 37.2. The van der Waals surface area contributed by atoms with Gasteiger partial charge in [0.1, 0.15) is 5.56 Å². The van der Waals surface area contributed by atoms with Crippen LogP contribution in [0.4, 0.5) is 0 Å². The molecular formula is C16H16N2O6. The molecule has 0 spiro atoms. The van der Waals surface area contributed by atoms with Crippen molar-refractivity contribution < 1.29 is 28.4 Å². The van der Waals surface area contributed by atoms with E-state index in [9.17, 15) is 14.4 Å². The molecule has 2 aromatic rings. The molecule has 2 aromatic heterocycles. The third kappa shape index (κ3) is 2.35. The number of fused-ring (bicyclic) bond motifs is 2. The van der Waals surface area contributed by atoms with Crippen molar-refractivity contribution >= 4 is 17.5 Å². The Bertz CT molecular complexity index is 843. The van der Waals surface area contributed by atoms with Gasteiger partial charge in [-0.05, 0) is 26.7 Å². The van der Waals surface area contributed by atoms with E-state index >= 15 is 0 Å². The fraction of sp³-hybridized carbons (Fsp3) is 0.375. The van der Waals surface area contributed by atoms with Gasteiger partial charge >= 0.3 is 0 Å². The van der Waals surface area contributed by atoms with Crippen molar-refractivity contribution in [2.24, 2.45) is 0 Å². The Morgan fingerprint density at radius 1 is 1.12 bits per heavy atom. The predicted octanol–water partition coefficient (Wildman–Crippen LogP) is 1.16. The summed E-state index contributed by atoms with van der Waals surface area (Å²) in [6.45, 7) is 3.51. The van der Waals surface area contributed by atoms with Gasteiger partial charge in [-0.3, -0.25) is 14.4 Å². The summed E-state index contributed by atoms with van der Waals surface area (Å²) in [5, 5.41) is 15.0. The number of carbonyl (C=O) groups excluding carboxylic acids is 3. The molecular weight excluding hydrogens is 316 g/mol. The molecule has 1 aliphatic carbocycles. The first-order chi connectivity index (χ1) is 11.5. The van der Waals surface area contributed by atoms with Crippen molar-refractivity contribution in [3.63, 3.8) is 0 Å². The van der Waals surface area contributed by atoms with Crippen LogP contribution in [-0.4, -0.2) is 40.9 Å². The molecule has 24 heavy (non-hydrogen) atoms. The molecule has 0 saturated carbocycles. The van der Waals surface area contributed by atoms with Crippen molar-refractivity contribution in [1.29, 1.82) is 0 Å². The molecule has 8 nitrogen and oxygen atoms in total. The van der Waals surface area contributed by atoms with Crippen LogP contribution in [0.2, 0.25) is 0 Å². The molecule has 126 valence electrons. The molecule has 0 aromatic carbocycles. The number of aromatic nitrogens is 1. The van der Waals surface area contributed by atoms with Gasteiger partial charge in [0.15, 0.2) is 11.5 Å². The second-order valence-electron chi connectivity index (χ2n) is 5.58. The van der Waals surface area contributed by atoms with E-state index in [0.717, 1.165) is 0 Å². The van der Waals surface area contributed by atoms with Crippen LogP contribution >= 0.6 is 0 Å². The lowest BCUT2D eigenvalue weighted by molar-refractivity contribution is 0.0908. The molecule has 2 N–H and O–H groups in total. The van der Waals surface area contributed by atoms with Gasteiger partial charge in [-0.2, -0.15) is 0 Å². The molecule has 0 atom stereocenters. The molecule has 1 aliphatic rings. The van der Waals surface area contributed by atoms with Crippen LogP contribution in [0.3, 0.4) is 0 Å². The van der Waals surface area contributed by atoms with Crippen LogP contribution < -0.4 is 5.32 Å². The summed E-state index contributed by atoms with van der Waals surface area (Å²) in [5.74, 6) is -1.88.